The summed E-state index contributed by atoms with van der Waals surface area (Å²) in [5, 5.41) is 11.6. The van der Waals surface area contributed by atoms with Crippen molar-refractivity contribution in [2.45, 2.75) is 45.2 Å². The van der Waals surface area contributed by atoms with Crippen molar-refractivity contribution >= 4 is 0 Å². The van der Waals surface area contributed by atoms with Crippen LogP contribution in [0.3, 0.4) is 0 Å². The molecule has 0 spiro atoms. The highest BCUT2D eigenvalue weighted by molar-refractivity contribution is 4.92. The van der Waals surface area contributed by atoms with E-state index in [1.165, 1.54) is 25.7 Å². The second-order valence-electron chi connectivity index (χ2n) is 4.73. The lowest BCUT2D eigenvalue weighted by atomic mass is 9.87. The van der Waals surface area contributed by atoms with Gasteiger partial charge in [-0.15, -0.1) is 5.10 Å². The summed E-state index contributed by atoms with van der Waals surface area (Å²) in [6.07, 6.45) is 7.34. The quantitative estimate of drug-likeness (QED) is 0.818. The van der Waals surface area contributed by atoms with Gasteiger partial charge < -0.3 is 5.32 Å². The van der Waals surface area contributed by atoms with E-state index in [1.807, 2.05) is 13.2 Å². The zero-order valence-corrected chi connectivity index (χ0v) is 9.61. The molecule has 1 fully saturated rings. The van der Waals surface area contributed by atoms with Crippen LogP contribution in [0.2, 0.25) is 0 Å². The van der Waals surface area contributed by atoms with Crippen molar-refractivity contribution in [1.82, 2.24) is 20.3 Å². The van der Waals surface area contributed by atoms with Crippen LogP contribution in [-0.2, 0) is 13.6 Å². The van der Waals surface area contributed by atoms with Crippen molar-refractivity contribution in [1.29, 1.82) is 0 Å². The van der Waals surface area contributed by atoms with Gasteiger partial charge in [-0.25, -0.2) is 0 Å². The van der Waals surface area contributed by atoms with Crippen molar-refractivity contribution in [3.05, 3.63) is 11.9 Å². The Morgan fingerprint density at radius 3 is 3.07 bits per heavy atom. The van der Waals surface area contributed by atoms with Gasteiger partial charge in [0.15, 0.2) is 0 Å². The molecule has 0 radical (unpaired) electrons. The summed E-state index contributed by atoms with van der Waals surface area (Å²) in [7, 11) is 1.90. The maximum Gasteiger partial charge on any atom is 0.0964 e. The highest BCUT2D eigenvalue weighted by atomic mass is 15.4. The summed E-state index contributed by atoms with van der Waals surface area (Å²) in [4.78, 5) is 0. The predicted octanol–water partition coefficient (Wildman–Crippen LogP) is 1.48. The molecule has 2 atom stereocenters. The number of aromatic nitrogens is 3. The molecule has 1 aromatic heterocycles. The topological polar surface area (TPSA) is 42.7 Å². The lowest BCUT2D eigenvalue weighted by Gasteiger charge is -2.27. The van der Waals surface area contributed by atoms with Gasteiger partial charge in [0, 0.05) is 25.8 Å². The van der Waals surface area contributed by atoms with Gasteiger partial charge in [-0.05, 0) is 18.8 Å². The molecule has 0 aliphatic heterocycles. The van der Waals surface area contributed by atoms with Crippen LogP contribution in [0, 0.1) is 5.92 Å². The van der Waals surface area contributed by atoms with Crippen LogP contribution in [-0.4, -0.2) is 21.0 Å². The van der Waals surface area contributed by atoms with Gasteiger partial charge in [-0.1, -0.05) is 25.0 Å². The maximum absolute atomic E-state index is 4.07. The molecule has 2 unspecified atom stereocenters. The van der Waals surface area contributed by atoms with Crippen molar-refractivity contribution in [2.24, 2.45) is 13.0 Å². The van der Waals surface area contributed by atoms with Gasteiger partial charge in [0.1, 0.15) is 0 Å². The van der Waals surface area contributed by atoms with Crippen LogP contribution in [0.15, 0.2) is 6.20 Å². The predicted molar refractivity (Wildman–Crippen MR) is 59.3 cm³/mol. The van der Waals surface area contributed by atoms with E-state index in [4.69, 9.17) is 0 Å². The smallest absolute Gasteiger partial charge is 0.0964 e. The van der Waals surface area contributed by atoms with E-state index >= 15 is 0 Å². The average molecular weight is 208 g/mol. The van der Waals surface area contributed by atoms with E-state index in [0.29, 0.717) is 6.04 Å². The molecule has 1 N–H and O–H groups in total. The Morgan fingerprint density at radius 1 is 1.53 bits per heavy atom. The molecule has 1 aliphatic rings. The van der Waals surface area contributed by atoms with Crippen molar-refractivity contribution in [3.8, 4) is 0 Å². The first kappa shape index (κ1) is 10.6. The number of hydrogen-bond acceptors (Lipinski definition) is 3. The second-order valence-corrected chi connectivity index (χ2v) is 4.73. The molecule has 1 aliphatic carbocycles. The van der Waals surface area contributed by atoms with Gasteiger partial charge >= 0.3 is 0 Å². The Labute approximate surface area is 91.1 Å². The van der Waals surface area contributed by atoms with Crippen molar-refractivity contribution in [3.63, 3.8) is 0 Å². The summed E-state index contributed by atoms with van der Waals surface area (Å²) < 4.78 is 1.75. The third kappa shape index (κ3) is 3.02. The molecule has 0 amide bonds. The number of nitrogens with one attached hydrogen (secondary N) is 1. The number of aryl methyl sites for hydroxylation is 1. The fourth-order valence-electron chi connectivity index (χ4n) is 2.34. The van der Waals surface area contributed by atoms with Crippen LogP contribution in [0.1, 0.15) is 38.3 Å². The molecule has 1 aromatic rings. The van der Waals surface area contributed by atoms with Crippen LogP contribution in [0.4, 0.5) is 0 Å². The molecular formula is C11H20N4. The van der Waals surface area contributed by atoms with Gasteiger partial charge in [0.2, 0.25) is 0 Å². The van der Waals surface area contributed by atoms with Crippen LogP contribution in [0.5, 0.6) is 0 Å². The highest BCUT2D eigenvalue weighted by Gasteiger charge is 2.18. The molecule has 4 heteroatoms. The van der Waals surface area contributed by atoms with Gasteiger partial charge in [0.05, 0.1) is 5.69 Å². The lowest BCUT2D eigenvalue weighted by molar-refractivity contribution is 0.300. The van der Waals surface area contributed by atoms with E-state index in [9.17, 15) is 0 Å². The summed E-state index contributed by atoms with van der Waals surface area (Å²) in [6, 6.07) is 0.677. The first-order chi connectivity index (χ1) is 7.24. The number of rotatable bonds is 3. The van der Waals surface area contributed by atoms with Crippen LogP contribution >= 0.6 is 0 Å². The SMILES string of the molecule is CC1CCCC(NCc2cn(C)nn2)C1. The molecule has 4 nitrogen and oxygen atoms in total. The first-order valence-electron chi connectivity index (χ1n) is 5.82. The molecule has 0 saturated heterocycles. The second kappa shape index (κ2) is 4.75. The Morgan fingerprint density at radius 2 is 2.40 bits per heavy atom. The molecule has 0 bridgehead atoms. The summed E-state index contributed by atoms with van der Waals surface area (Å²) in [5.41, 5.74) is 1.04. The Bertz CT molecular complexity index is 307. The largest absolute Gasteiger partial charge is 0.308 e. The molecule has 1 saturated carbocycles. The minimum atomic E-state index is 0.677. The first-order valence-corrected chi connectivity index (χ1v) is 5.82. The van der Waals surface area contributed by atoms with Crippen molar-refractivity contribution in [2.75, 3.05) is 0 Å². The molecule has 84 valence electrons. The summed E-state index contributed by atoms with van der Waals surface area (Å²) in [5.74, 6) is 0.873. The maximum atomic E-state index is 4.07. The molecule has 0 aromatic carbocycles. The normalized spacial score (nSPS) is 26.8. The molecule has 1 heterocycles. The van der Waals surface area contributed by atoms with E-state index < -0.39 is 0 Å². The van der Waals surface area contributed by atoms with Gasteiger partial charge in [-0.2, -0.15) is 0 Å². The third-order valence-electron chi connectivity index (χ3n) is 3.16. The number of nitrogens with zero attached hydrogens (tertiary/aromatic N) is 3. The van der Waals surface area contributed by atoms with Crippen LogP contribution in [0.25, 0.3) is 0 Å². The minimum absolute atomic E-state index is 0.677. The fraction of sp³-hybridized carbons (Fsp3) is 0.818. The van der Waals surface area contributed by atoms with Crippen molar-refractivity contribution < 1.29 is 0 Å². The summed E-state index contributed by atoms with van der Waals surface area (Å²) in [6.45, 7) is 3.20. The minimum Gasteiger partial charge on any atom is -0.308 e. The van der Waals surface area contributed by atoms with Gasteiger partial charge in [0.25, 0.3) is 0 Å². The lowest BCUT2D eigenvalue weighted by Crippen LogP contribution is -2.33. The Hall–Kier alpha value is -0.900. The average Bonchev–Trinajstić information content (AvgIpc) is 2.62. The summed E-state index contributed by atoms with van der Waals surface area (Å²) >= 11 is 0. The van der Waals surface area contributed by atoms with Crippen LogP contribution < -0.4 is 5.32 Å². The van der Waals surface area contributed by atoms with E-state index in [-0.39, 0.29) is 0 Å². The van der Waals surface area contributed by atoms with E-state index in [2.05, 4.69) is 22.6 Å². The Kier molecular flexibility index (Phi) is 3.36. The zero-order chi connectivity index (χ0) is 10.7. The number of hydrogen-bond donors (Lipinski definition) is 1. The molecule has 2 rings (SSSR count). The van der Waals surface area contributed by atoms with E-state index in [1.54, 1.807) is 4.68 Å². The monoisotopic (exact) mass is 208 g/mol. The van der Waals surface area contributed by atoms with E-state index in [0.717, 1.165) is 18.2 Å². The molecular weight excluding hydrogens is 188 g/mol. The zero-order valence-electron chi connectivity index (χ0n) is 9.61. The highest BCUT2D eigenvalue weighted by Crippen LogP contribution is 2.23. The molecule has 15 heavy (non-hydrogen) atoms. The Balaban J connectivity index is 1.77. The third-order valence-corrected chi connectivity index (χ3v) is 3.16. The standard InChI is InChI=1S/C11H20N4/c1-9-4-3-5-10(6-9)12-7-11-8-15(2)14-13-11/h8-10,12H,3-7H2,1-2H3. The fourth-order valence-corrected chi connectivity index (χ4v) is 2.34. The van der Waals surface area contributed by atoms with Gasteiger partial charge in [-0.3, -0.25) is 4.68 Å².